The minimum atomic E-state index is -2.28. The first kappa shape index (κ1) is 19.8. The van der Waals surface area contributed by atoms with Crippen LogP contribution in [0.3, 0.4) is 0 Å². The SMILES string of the molecule is Cc1cc(Cl)c(O)c(C(=Nc2c(F)c(F)c(F)c(F)c2F)c2ccccc2)c1. The number of phenolic OH excluding ortho intramolecular Hbond substituents is 1. The van der Waals surface area contributed by atoms with Gasteiger partial charge in [-0.3, -0.25) is 0 Å². The van der Waals surface area contributed by atoms with Crippen molar-refractivity contribution >= 4 is 23.0 Å². The van der Waals surface area contributed by atoms with Crippen molar-refractivity contribution in [1.29, 1.82) is 0 Å². The number of benzene rings is 3. The van der Waals surface area contributed by atoms with Gasteiger partial charge in [0.1, 0.15) is 11.4 Å². The molecule has 3 rings (SSSR count). The Labute approximate surface area is 161 Å². The first-order valence-corrected chi connectivity index (χ1v) is 8.25. The van der Waals surface area contributed by atoms with Crippen LogP contribution in [-0.4, -0.2) is 10.8 Å². The van der Waals surface area contributed by atoms with Crippen LogP contribution in [0.5, 0.6) is 5.75 Å². The molecule has 0 aliphatic rings. The minimum absolute atomic E-state index is 0.0276. The Morgan fingerprint density at radius 3 is 1.96 bits per heavy atom. The quantitative estimate of drug-likeness (QED) is 0.236. The van der Waals surface area contributed by atoms with E-state index in [1.807, 2.05) is 0 Å². The molecule has 1 N–H and O–H groups in total. The highest BCUT2D eigenvalue weighted by Crippen LogP contribution is 2.34. The van der Waals surface area contributed by atoms with Gasteiger partial charge in [0.2, 0.25) is 5.82 Å². The second-order valence-electron chi connectivity index (χ2n) is 5.89. The lowest BCUT2D eigenvalue weighted by atomic mass is 9.99. The van der Waals surface area contributed by atoms with Gasteiger partial charge in [-0.2, -0.15) is 0 Å². The van der Waals surface area contributed by atoms with Crippen molar-refractivity contribution in [2.75, 3.05) is 0 Å². The van der Waals surface area contributed by atoms with E-state index in [0.717, 1.165) is 0 Å². The number of halogens is 6. The maximum atomic E-state index is 14.1. The van der Waals surface area contributed by atoms with E-state index in [4.69, 9.17) is 11.6 Å². The smallest absolute Gasteiger partial charge is 0.200 e. The van der Waals surface area contributed by atoms with E-state index in [1.54, 1.807) is 25.1 Å². The van der Waals surface area contributed by atoms with Gasteiger partial charge in [-0.15, -0.1) is 0 Å². The molecule has 8 heteroatoms. The minimum Gasteiger partial charge on any atom is -0.506 e. The predicted octanol–water partition coefficient (Wildman–Crippen LogP) is 6.22. The van der Waals surface area contributed by atoms with Gasteiger partial charge >= 0.3 is 0 Å². The summed E-state index contributed by atoms with van der Waals surface area (Å²) in [7, 11) is 0. The van der Waals surface area contributed by atoms with Crippen LogP contribution in [0.2, 0.25) is 5.02 Å². The van der Waals surface area contributed by atoms with Crippen LogP contribution in [0.25, 0.3) is 0 Å². The van der Waals surface area contributed by atoms with Gasteiger partial charge in [0, 0.05) is 11.1 Å². The van der Waals surface area contributed by atoms with Crippen LogP contribution >= 0.6 is 11.6 Å². The molecular formula is C20H11ClF5NO. The topological polar surface area (TPSA) is 32.6 Å². The average Bonchev–Trinajstić information content (AvgIpc) is 2.69. The molecule has 0 unspecified atom stereocenters. The molecule has 0 amide bonds. The molecule has 0 radical (unpaired) electrons. The third-order valence-corrected chi connectivity index (χ3v) is 4.21. The summed E-state index contributed by atoms with van der Waals surface area (Å²) in [5.74, 6) is -11.1. The molecular weight excluding hydrogens is 401 g/mol. The largest absolute Gasteiger partial charge is 0.506 e. The van der Waals surface area contributed by atoms with Crippen molar-refractivity contribution in [2.24, 2.45) is 4.99 Å². The van der Waals surface area contributed by atoms with Crippen molar-refractivity contribution in [1.82, 2.24) is 0 Å². The summed E-state index contributed by atoms with van der Waals surface area (Å²) in [5, 5.41) is 10.3. The Bertz CT molecular complexity index is 1070. The van der Waals surface area contributed by atoms with E-state index in [9.17, 15) is 27.1 Å². The normalized spacial score (nSPS) is 11.8. The molecule has 3 aromatic carbocycles. The van der Waals surface area contributed by atoms with Crippen molar-refractivity contribution in [2.45, 2.75) is 6.92 Å². The second-order valence-corrected chi connectivity index (χ2v) is 6.30. The Kier molecular flexibility index (Phi) is 5.38. The van der Waals surface area contributed by atoms with Crippen molar-refractivity contribution < 1.29 is 27.1 Å². The summed E-state index contributed by atoms with van der Waals surface area (Å²) in [6.07, 6.45) is 0. The average molecular weight is 412 g/mol. The molecule has 2 nitrogen and oxygen atoms in total. The number of aliphatic imine (C=N–C) groups is 1. The molecule has 0 spiro atoms. The van der Waals surface area contributed by atoms with Gasteiger partial charge in [-0.1, -0.05) is 41.9 Å². The fourth-order valence-corrected chi connectivity index (χ4v) is 2.87. The molecule has 0 aromatic heterocycles. The van der Waals surface area contributed by atoms with E-state index in [0.29, 0.717) is 5.56 Å². The van der Waals surface area contributed by atoms with Gasteiger partial charge in [-0.25, -0.2) is 26.9 Å². The van der Waals surface area contributed by atoms with E-state index in [2.05, 4.69) is 4.99 Å². The summed E-state index contributed by atoms with van der Waals surface area (Å²) in [6, 6.07) is 10.7. The van der Waals surface area contributed by atoms with Crippen LogP contribution in [0.15, 0.2) is 47.5 Å². The van der Waals surface area contributed by atoms with E-state index in [-0.39, 0.29) is 21.9 Å². The second kappa shape index (κ2) is 7.59. The summed E-state index contributed by atoms with van der Waals surface area (Å²) in [4.78, 5) is 3.71. The predicted molar refractivity (Wildman–Crippen MR) is 95.8 cm³/mol. The Balaban J connectivity index is 2.38. The Hall–Kier alpha value is -2.93. The lowest BCUT2D eigenvalue weighted by Gasteiger charge is -2.13. The van der Waals surface area contributed by atoms with Gasteiger partial charge in [0.15, 0.2) is 23.3 Å². The highest BCUT2D eigenvalue weighted by Gasteiger charge is 2.27. The van der Waals surface area contributed by atoms with Crippen LogP contribution in [-0.2, 0) is 0 Å². The fourth-order valence-electron chi connectivity index (χ4n) is 2.59. The maximum Gasteiger partial charge on any atom is 0.200 e. The zero-order chi connectivity index (χ0) is 20.6. The zero-order valence-electron chi connectivity index (χ0n) is 14.2. The summed E-state index contributed by atoms with van der Waals surface area (Å²) >= 11 is 5.96. The first-order chi connectivity index (χ1) is 13.2. The van der Waals surface area contributed by atoms with Crippen LogP contribution < -0.4 is 0 Å². The number of hydrogen-bond acceptors (Lipinski definition) is 2. The van der Waals surface area contributed by atoms with Gasteiger partial charge in [0.05, 0.1) is 10.7 Å². The van der Waals surface area contributed by atoms with Gasteiger partial charge in [-0.05, 0) is 24.6 Å². The third-order valence-electron chi connectivity index (χ3n) is 3.92. The Morgan fingerprint density at radius 1 is 0.857 bits per heavy atom. The number of phenols is 1. The summed E-state index contributed by atoms with van der Waals surface area (Å²) in [5.41, 5.74) is -0.762. The Morgan fingerprint density at radius 2 is 1.39 bits per heavy atom. The maximum absolute atomic E-state index is 14.1. The van der Waals surface area contributed by atoms with Crippen molar-refractivity contribution in [3.05, 3.63) is 93.3 Å². The lowest BCUT2D eigenvalue weighted by Crippen LogP contribution is -2.07. The van der Waals surface area contributed by atoms with Gasteiger partial charge < -0.3 is 5.11 Å². The molecule has 0 aliphatic carbocycles. The van der Waals surface area contributed by atoms with Crippen molar-refractivity contribution in [3.8, 4) is 5.75 Å². The molecule has 0 atom stereocenters. The monoisotopic (exact) mass is 411 g/mol. The highest BCUT2D eigenvalue weighted by molar-refractivity contribution is 6.33. The number of aromatic hydroxyl groups is 1. The summed E-state index contributed by atoms with van der Waals surface area (Å²) in [6.45, 7) is 1.65. The fraction of sp³-hybridized carbons (Fsp3) is 0.0500. The summed E-state index contributed by atoms with van der Waals surface area (Å²) < 4.78 is 68.7. The number of rotatable bonds is 3. The highest BCUT2D eigenvalue weighted by atomic mass is 35.5. The molecule has 0 heterocycles. The van der Waals surface area contributed by atoms with E-state index < -0.39 is 40.5 Å². The number of nitrogens with zero attached hydrogens (tertiary/aromatic N) is 1. The van der Waals surface area contributed by atoms with Crippen LogP contribution in [0.1, 0.15) is 16.7 Å². The molecule has 0 fully saturated rings. The third kappa shape index (κ3) is 3.45. The number of aryl methyl sites for hydroxylation is 1. The molecule has 28 heavy (non-hydrogen) atoms. The first-order valence-electron chi connectivity index (χ1n) is 7.87. The van der Waals surface area contributed by atoms with Gasteiger partial charge in [0.25, 0.3) is 0 Å². The van der Waals surface area contributed by atoms with E-state index in [1.165, 1.54) is 24.3 Å². The van der Waals surface area contributed by atoms with Crippen LogP contribution in [0, 0.1) is 36.0 Å². The zero-order valence-corrected chi connectivity index (χ0v) is 15.0. The molecule has 0 bridgehead atoms. The van der Waals surface area contributed by atoms with Crippen LogP contribution in [0.4, 0.5) is 27.6 Å². The molecule has 144 valence electrons. The standard InChI is InChI=1S/C20H11ClF5NO/c1-9-7-11(20(28)12(21)8-9)18(10-5-3-2-4-6-10)27-19-16(25)14(23)13(22)15(24)17(19)26/h2-8,28H,1H3. The number of hydrogen-bond donors (Lipinski definition) is 1. The van der Waals surface area contributed by atoms with Crippen molar-refractivity contribution in [3.63, 3.8) is 0 Å². The molecule has 0 saturated heterocycles. The molecule has 3 aromatic rings. The van der Waals surface area contributed by atoms with E-state index >= 15 is 0 Å². The lowest BCUT2D eigenvalue weighted by molar-refractivity contribution is 0.381. The molecule has 0 aliphatic heterocycles. The molecule has 0 saturated carbocycles.